The minimum Gasteiger partial charge on any atom is -0.293 e. The second-order valence-electron chi connectivity index (χ2n) is 7.53. The van der Waals surface area contributed by atoms with Gasteiger partial charge in [-0.25, -0.2) is 16.8 Å². The summed E-state index contributed by atoms with van der Waals surface area (Å²) >= 11 is 0. The van der Waals surface area contributed by atoms with Crippen LogP contribution in [0.4, 0.5) is 0 Å². The third-order valence-electron chi connectivity index (χ3n) is 5.65. The molecule has 2 aliphatic heterocycles. The van der Waals surface area contributed by atoms with E-state index in [1.165, 1.54) is 5.56 Å². The van der Waals surface area contributed by atoms with E-state index in [2.05, 4.69) is 6.07 Å². The Labute approximate surface area is 160 Å². The number of fused-ring (bicyclic) bond motifs is 1. The Morgan fingerprint density at radius 2 is 1.63 bits per heavy atom. The van der Waals surface area contributed by atoms with Crippen molar-refractivity contribution >= 4 is 19.7 Å². The Morgan fingerprint density at radius 1 is 0.963 bits per heavy atom. The molecule has 0 unspecified atom stereocenters. The zero-order valence-corrected chi connectivity index (χ0v) is 16.8. The van der Waals surface area contributed by atoms with E-state index in [1.54, 1.807) is 24.3 Å². The van der Waals surface area contributed by atoms with Gasteiger partial charge in [0.15, 0.2) is 19.7 Å². The van der Waals surface area contributed by atoms with Gasteiger partial charge in [0.1, 0.15) is 0 Å². The van der Waals surface area contributed by atoms with Gasteiger partial charge in [-0.1, -0.05) is 42.0 Å². The van der Waals surface area contributed by atoms with Crippen molar-refractivity contribution < 1.29 is 16.8 Å². The Bertz CT molecular complexity index is 1060. The van der Waals surface area contributed by atoms with E-state index in [4.69, 9.17) is 0 Å². The lowest BCUT2D eigenvalue weighted by atomic mass is 9.98. The lowest BCUT2D eigenvalue weighted by Gasteiger charge is -2.35. The Balaban J connectivity index is 1.68. The van der Waals surface area contributed by atoms with Crippen LogP contribution >= 0.6 is 0 Å². The number of rotatable bonds is 3. The first kappa shape index (κ1) is 18.7. The lowest BCUT2D eigenvalue weighted by molar-refractivity contribution is 0.195. The maximum atomic E-state index is 13.2. The van der Waals surface area contributed by atoms with Gasteiger partial charge in [0.25, 0.3) is 0 Å². The van der Waals surface area contributed by atoms with E-state index >= 15 is 0 Å². The van der Waals surface area contributed by atoms with Crippen molar-refractivity contribution in [2.75, 3.05) is 18.1 Å². The molecule has 0 aromatic heterocycles. The highest BCUT2D eigenvalue weighted by atomic mass is 32.2. The Hall–Kier alpha value is -1.70. The highest BCUT2D eigenvalue weighted by Gasteiger charge is 2.48. The monoisotopic (exact) mass is 405 g/mol. The second-order valence-corrected chi connectivity index (χ2v) is 11.9. The summed E-state index contributed by atoms with van der Waals surface area (Å²) < 4.78 is 51.2. The predicted molar refractivity (Wildman–Crippen MR) is 105 cm³/mol. The van der Waals surface area contributed by atoms with Crippen molar-refractivity contribution in [3.63, 3.8) is 0 Å². The predicted octanol–water partition coefficient (Wildman–Crippen LogP) is 1.99. The van der Waals surface area contributed by atoms with Crippen LogP contribution in [0.5, 0.6) is 0 Å². The summed E-state index contributed by atoms with van der Waals surface area (Å²) in [5.74, 6) is -0.392. The summed E-state index contributed by atoms with van der Waals surface area (Å²) in [7, 11) is -7.11. The molecule has 1 saturated heterocycles. The maximum absolute atomic E-state index is 13.2. The molecule has 1 fully saturated rings. The quantitative estimate of drug-likeness (QED) is 0.781. The molecule has 7 heteroatoms. The standard InChI is InChI=1S/C20H23NO4S2/c1-15-6-8-18(9-7-15)27(24,25)20-14-26(22,23)13-19(20)21-11-10-16-4-2-3-5-17(16)12-21/h2-9,19-20H,10-14H2,1H3/t19-,20-/m1/s1. The van der Waals surface area contributed by atoms with E-state index in [0.29, 0.717) is 13.1 Å². The van der Waals surface area contributed by atoms with Gasteiger partial charge >= 0.3 is 0 Å². The Kier molecular flexibility index (Phi) is 4.64. The molecule has 0 amide bonds. The van der Waals surface area contributed by atoms with E-state index < -0.39 is 31.0 Å². The molecule has 0 saturated carbocycles. The minimum absolute atomic E-state index is 0.0923. The summed E-state index contributed by atoms with van der Waals surface area (Å²) in [6.07, 6.45) is 0.810. The average molecular weight is 406 g/mol. The molecular weight excluding hydrogens is 382 g/mol. The molecule has 0 radical (unpaired) electrons. The smallest absolute Gasteiger partial charge is 0.183 e. The number of aryl methyl sites for hydroxylation is 1. The van der Waals surface area contributed by atoms with Crippen LogP contribution in [0.1, 0.15) is 16.7 Å². The summed E-state index contributed by atoms with van der Waals surface area (Å²) in [6.45, 7) is 3.16. The first-order chi connectivity index (χ1) is 12.8. The first-order valence-electron chi connectivity index (χ1n) is 9.08. The number of sulfone groups is 2. The van der Waals surface area contributed by atoms with Gasteiger partial charge in [0.2, 0.25) is 0 Å². The van der Waals surface area contributed by atoms with Crippen LogP contribution in [0.2, 0.25) is 0 Å². The number of nitrogens with zero attached hydrogens (tertiary/aromatic N) is 1. The highest BCUT2D eigenvalue weighted by molar-refractivity contribution is 7.96. The number of benzene rings is 2. The molecule has 2 aromatic rings. The summed E-state index contributed by atoms with van der Waals surface area (Å²) in [5, 5.41) is -0.921. The molecule has 0 bridgehead atoms. The molecule has 0 spiro atoms. The molecule has 144 valence electrons. The summed E-state index contributed by atoms with van der Waals surface area (Å²) in [6, 6.07) is 14.2. The summed E-state index contributed by atoms with van der Waals surface area (Å²) in [5.41, 5.74) is 3.38. The lowest BCUT2D eigenvalue weighted by Crippen LogP contribution is -2.48. The van der Waals surface area contributed by atoms with Crippen molar-refractivity contribution in [1.29, 1.82) is 0 Å². The van der Waals surface area contributed by atoms with Crippen molar-refractivity contribution in [1.82, 2.24) is 4.90 Å². The van der Waals surface area contributed by atoms with Crippen LogP contribution in [0, 0.1) is 6.92 Å². The van der Waals surface area contributed by atoms with Crippen molar-refractivity contribution in [2.24, 2.45) is 0 Å². The van der Waals surface area contributed by atoms with Crippen molar-refractivity contribution in [2.45, 2.75) is 36.1 Å². The fourth-order valence-electron chi connectivity index (χ4n) is 4.14. The Morgan fingerprint density at radius 3 is 2.33 bits per heavy atom. The molecule has 27 heavy (non-hydrogen) atoms. The fraction of sp³-hybridized carbons (Fsp3) is 0.400. The van der Waals surface area contributed by atoms with Gasteiger partial charge in [-0.05, 0) is 36.6 Å². The summed E-state index contributed by atoms with van der Waals surface area (Å²) in [4.78, 5) is 2.25. The van der Waals surface area contributed by atoms with E-state index in [0.717, 1.165) is 17.5 Å². The third kappa shape index (κ3) is 3.56. The third-order valence-corrected chi connectivity index (χ3v) is 9.78. The van der Waals surface area contributed by atoms with Gasteiger partial charge in [0, 0.05) is 19.1 Å². The minimum atomic E-state index is -3.72. The molecule has 2 aliphatic rings. The molecule has 4 rings (SSSR count). The first-order valence-corrected chi connectivity index (χ1v) is 12.4. The van der Waals surface area contributed by atoms with E-state index in [9.17, 15) is 16.8 Å². The van der Waals surface area contributed by atoms with Crippen LogP contribution in [-0.2, 0) is 32.6 Å². The molecule has 2 aromatic carbocycles. The molecular formula is C20H23NO4S2. The van der Waals surface area contributed by atoms with E-state index in [1.807, 2.05) is 30.0 Å². The van der Waals surface area contributed by atoms with Gasteiger partial charge in [-0.2, -0.15) is 0 Å². The van der Waals surface area contributed by atoms with Crippen LogP contribution in [0.15, 0.2) is 53.4 Å². The van der Waals surface area contributed by atoms with Gasteiger partial charge in [0.05, 0.1) is 21.7 Å². The molecule has 0 N–H and O–H groups in total. The van der Waals surface area contributed by atoms with Crippen molar-refractivity contribution in [3.05, 3.63) is 65.2 Å². The normalized spacial score (nSPS) is 25.2. The molecule has 5 nitrogen and oxygen atoms in total. The largest absolute Gasteiger partial charge is 0.293 e. The van der Waals surface area contributed by atoms with Crippen LogP contribution in [-0.4, -0.2) is 51.1 Å². The molecule has 0 aliphatic carbocycles. The topological polar surface area (TPSA) is 71.5 Å². The number of hydrogen-bond acceptors (Lipinski definition) is 5. The van der Waals surface area contributed by atoms with Gasteiger partial charge in [-0.3, -0.25) is 4.90 Å². The second kappa shape index (κ2) is 6.72. The average Bonchev–Trinajstić information content (AvgIpc) is 2.98. The zero-order valence-electron chi connectivity index (χ0n) is 15.2. The van der Waals surface area contributed by atoms with E-state index in [-0.39, 0.29) is 16.4 Å². The van der Waals surface area contributed by atoms with Gasteiger partial charge in [-0.15, -0.1) is 0 Å². The SMILES string of the molecule is Cc1ccc(S(=O)(=O)[C@@H]2CS(=O)(=O)C[C@H]2N2CCc3ccccc3C2)cc1. The number of hydrogen-bond donors (Lipinski definition) is 0. The van der Waals surface area contributed by atoms with Crippen LogP contribution in [0.25, 0.3) is 0 Å². The van der Waals surface area contributed by atoms with Gasteiger partial charge < -0.3 is 0 Å². The molecule has 2 atom stereocenters. The molecule has 2 heterocycles. The van der Waals surface area contributed by atoms with Crippen LogP contribution < -0.4 is 0 Å². The highest BCUT2D eigenvalue weighted by Crippen LogP contribution is 2.32. The van der Waals surface area contributed by atoms with Crippen LogP contribution in [0.3, 0.4) is 0 Å². The fourth-order valence-corrected chi connectivity index (χ4v) is 8.97. The zero-order chi connectivity index (χ0) is 19.2. The van der Waals surface area contributed by atoms with Crippen molar-refractivity contribution in [3.8, 4) is 0 Å². The maximum Gasteiger partial charge on any atom is 0.183 e.